The quantitative estimate of drug-likeness (QED) is 0.607. The van der Waals surface area contributed by atoms with Gasteiger partial charge in [-0.05, 0) is 31.4 Å². The van der Waals surface area contributed by atoms with E-state index in [-0.39, 0.29) is 17.5 Å². The molecule has 1 aliphatic heterocycles. The lowest BCUT2D eigenvalue weighted by molar-refractivity contribution is -0.126. The third-order valence-electron chi connectivity index (χ3n) is 4.51. The van der Waals surface area contributed by atoms with Gasteiger partial charge in [-0.25, -0.2) is 9.78 Å². The number of para-hydroxylation sites is 1. The second kappa shape index (κ2) is 8.12. The Balaban J connectivity index is 1.93. The van der Waals surface area contributed by atoms with Crippen molar-refractivity contribution in [2.45, 2.75) is 44.1 Å². The van der Waals surface area contributed by atoms with Crippen molar-refractivity contribution in [2.24, 2.45) is 5.92 Å². The second-order valence-electron chi connectivity index (χ2n) is 7.03. The van der Waals surface area contributed by atoms with Crippen LogP contribution in [0.25, 0.3) is 10.9 Å². The highest BCUT2D eigenvalue weighted by molar-refractivity contribution is 8.00. The maximum absolute atomic E-state index is 13.0. The summed E-state index contributed by atoms with van der Waals surface area (Å²) in [6, 6.07) is 6.87. The number of hydrogen-bond donors (Lipinski definition) is 1. The molecule has 7 nitrogen and oxygen atoms in total. The first-order valence-corrected chi connectivity index (χ1v) is 10.0. The van der Waals surface area contributed by atoms with Crippen molar-refractivity contribution in [1.82, 2.24) is 19.8 Å². The molecule has 27 heavy (non-hydrogen) atoms. The van der Waals surface area contributed by atoms with Gasteiger partial charge in [-0.15, -0.1) is 0 Å². The lowest BCUT2D eigenvalue weighted by Crippen LogP contribution is -2.39. The summed E-state index contributed by atoms with van der Waals surface area (Å²) in [6.45, 7) is 7.33. The van der Waals surface area contributed by atoms with E-state index in [1.54, 1.807) is 23.6 Å². The summed E-state index contributed by atoms with van der Waals surface area (Å²) in [7, 11) is 0. The third-order valence-corrected chi connectivity index (χ3v) is 5.59. The number of nitrogens with one attached hydrogen (secondary N) is 1. The fourth-order valence-corrected chi connectivity index (χ4v) is 3.93. The summed E-state index contributed by atoms with van der Waals surface area (Å²) in [5.41, 5.74) is 0.520. The minimum atomic E-state index is -0.521. The number of urea groups is 1. The van der Waals surface area contributed by atoms with Gasteiger partial charge >= 0.3 is 6.03 Å². The average Bonchev–Trinajstić information content (AvgIpc) is 3.06. The molecule has 2 heterocycles. The van der Waals surface area contributed by atoms with Gasteiger partial charge in [0.2, 0.25) is 5.91 Å². The van der Waals surface area contributed by atoms with Gasteiger partial charge in [0.1, 0.15) is 0 Å². The Morgan fingerprint density at radius 1 is 1.26 bits per heavy atom. The fourth-order valence-electron chi connectivity index (χ4n) is 2.93. The van der Waals surface area contributed by atoms with Crippen molar-refractivity contribution >= 4 is 34.6 Å². The van der Waals surface area contributed by atoms with Gasteiger partial charge in [0, 0.05) is 19.6 Å². The van der Waals surface area contributed by atoms with Gasteiger partial charge in [0.15, 0.2) is 5.16 Å². The summed E-state index contributed by atoms with van der Waals surface area (Å²) in [6.07, 6.45) is 0.838. The Hall–Kier alpha value is -2.35. The zero-order valence-corrected chi connectivity index (χ0v) is 16.6. The van der Waals surface area contributed by atoms with Gasteiger partial charge in [-0.2, -0.15) is 0 Å². The molecule has 1 fully saturated rings. The highest BCUT2D eigenvalue weighted by Crippen LogP contribution is 2.25. The van der Waals surface area contributed by atoms with Gasteiger partial charge in [-0.3, -0.25) is 19.1 Å². The number of rotatable bonds is 6. The van der Waals surface area contributed by atoms with E-state index in [0.29, 0.717) is 41.6 Å². The third kappa shape index (κ3) is 4.16. The number of thioether (sulfide) groups is 1. The van der Waals surface area contributed by atoms with Crippen LogP contribution in [0.2, 0.25) is 0 Å². The van der Waals surface area contributed by atoms with Crippen molar-refractivity contribution in [3.05, 3.63) is 34.6 Å². The molecule has 0 unspecified atom stereocenters. The molecule has 0 radical (unpaired) electrons. The van der Waals surface area contributed by atoms with Crippen LogP contribution in [0.3, 0.4) is 0 Å². The Bertz CT molecular complexity index is 925. The highest BCUT2D eigenvalue weighted by Gasteiger charge is 2.31. The van der Waals surface area contributed by atoms with E-state index < -0.39 is 5.25 Å². The zero-order valence-electron chi connectivity index (χ0n) is 15.8. The van der Waals surface area contributed by atoms with E-state index >= 15 is 0 Å². The average molecular weight is 388 g/mol. The molecule has 0 saturated carbocycles. The van der Waals surface area contributed by atoms with E-state index in [1.807, 2.05) is 12.1 Å². The first-order chi connectivity index (χ1) is 12.9. The summed E-state index contributed by atoms with van der Waals surface area (Å²) in [4.78, 5) is 43.2. The van der Waals surface area contributed by atoms with Crippen molar-refractivity contribution in [2.75, 3.05) is 13.1 Å². The van der Waals surface area contributed by atoms with Crippen LogP contribution >= 0.6 is 11.8 Å². The molecule has 0 aliphatic carbocycles. The predicted molar refractivity (Wildman–Crippen MR) is 106 cm³/mol. The summed E-state index contributed by atoms with van der Waals surface area (Å²) in [5.74, 6) is 0.168. The molecule has 1 aromatic carbocycles. The molecule has 144 valence electrons. The van der Waals surface area contributed by atoms with Crippen molar-refractivity contribution in [1.29, 1.82) is 0 Å². The van der Waals surface area contributed by atoms with Gasteiger partial charge in [-0.1, -0.05) is 37.7 Å². The maximum Gasteiger partial charge on any atom is 0.324 e. The Kier molecular flexibility index (Phi) is 5.84. The molecule has 0 bridgehead atoms. The Morgan fingerprint density at radius 2 is 2.00 bits per heavy atom. The van der Waals surface area contributed by atoms with Crippen LogP contribution in [-0.4, -0.2) is 44.7 Å². The smallest absolute Gasteiger partial charge is 0.324 e. The number of fused-ring (bicyclic) bond motifs is 1. The first kappa shape index (κ1) is 19.4. The molecular formula is C19H24N4O3S. The molecule has 3 amide bonds. The van der Waals surface area contributed by atoms with E-state index in [4.69, 9.17) is 0 Å². The Morgan fingerprint density at radius 3 is 2.67 bits per heavy atom. The largest absolute Gasteiger partial charge is 0.336 e. The summed E-state index contributed by atoms with van der Waals surface area (Å²) in [5, 5.41) is 3.20. The van der Waals surface area contributed by atoms with E-state index in [1.165, 1.54) is 16.7 Å². The summed E-state index contributed by atoms with van der Waals surface area (Å²) < 4.78 is 1.65. The monoisotopic (exact) mass is 388 g/mol. The number of amides is 3. The summed E-state index contributed by atoms with van der Waals surface area (Å²) >= 11 is 1.23. The minimum Gasteiger partial charge on any atom is -0.336 e. The van der Waals surface area contributed by atoms with Crippen LogP contribution < -0.4 is 10.9 Å². The number of carbonyl (C=O) groups excluding carboxylic acids is 2. The predicted octanol–water partition coefficient (Wildman–Crippen LogP) is 2.48. The number of hydrogen-bond acceptors (Lipinski definition) is 5. The second-order valence-corrected chi connectivity index (χ2v) is 8.34. The van der Waals surface area contributed by atoms with Crippen molar-refractivity contribution < 1.29 is 9.59 Å². The van der Waals surface area contributed by atoms with Gasteiger partial charge in [0.25, 0.3) is 5.56 Å². The number of nitrogens with zero attached hydrogens (tertiary/aromatic N) is 3. The van der Waals surface area contributed by atoms with Gasteiger partial charge in [0.05, 0.1) is 16.2 Å². The number of carbonyl (C=O) groups is 2. The number of benzene rings is 1. The minimum absolute atomic E-state index is 0.0951. The van der Waals surface area contributed by atoms with Crippen LogP contribution in [0, 0.1) is 5.92 Å². The first-order valence-electron chi connectivity index (χ1n) is 9.14. The molecule has 1 atom stereocenters. The molecule has 1 saturated heterocycles. The van der Waals surface area contributed by atoms with E-state index in [0.717, 1.165) is 6.42 Å². The van der Waals surface area contributed by atoms with Crippen LogP contribution in [0.15, 0.2) is 34.2 Å². The SMILES string of the molecule is CC(C)CCn1c(S[C@H](C)C(=O)N2CCNC2=O)nc2ccccc2c1=O. The molecule has 2 aromatic rings. The van der Waals surface area contributed by atoms with Gasteiger partial charge < -0.3 is 5.32 Å². The van der Waals surface area contributed by atoms with Crippen LogP contribution in [0.5, 0.6) is 0 Å². The number of imide groups is 1. The number of aromatic nitrogens is 2. The highest BCUT2D eigenvalue weighted by atomic mass is 32.2. The van der Waals surface area contributed by atoms with Crippen LogP contribution in [-0.2, 0) is 11.3 Å². The Labute approximate surface area is 162 Å². The molecule has 3 rings (SSSR count). The molecule has 1 aliphatic rings. The topological polar surface area (TPSA) is 84.3 Å². The lowest BCUT2D eigenvalue weighted by atomic mass is 10.1. The normalized spacial score (nSPS) is 15.4. The van der Waals surface area contributed by atoms with E-state index in [2.05, 4.69) is 24.1 Å². The molecular weight excluding hydrogens is 364 g/mol. The van der Waals surface area contributed by atoms with Crippen LogP contribution in [0.1, 0.15) is 27.2 Å². The standard InChI is InChI=1S/C19H24N4O3S/c1-12(2)8-10-23-17(25)14-6-4-5-7-15(14)21-19(23)27-13(3)16(24)22-11-9-20-18(22)26/h4-7,12-13H,8-11H2,1-3H3,(H,20,26)/t13-/m1/s1. The molecule has 0 spiro atoms. The lowest BCUT2D eigenvalue weighted by Gasteiger charge is -2.19. The van der Waals surface area contributed by atoms with Crippen molar-refractivity contribution in [3.63, 3.8) is 0 Å². The molecule has 8 heteroatoms. The maximum atomic E-state index is 13.0. The van der Waals surface area contributed by atoms with E-state index in [9.17, 15) is 14.4 Å². The molecule has 1 aromatic heterocycles. The van der Waals surface area contributed by atoms with Crippen molar-refractivity contribution in [3.8, 4) is 0 Å². The van der Waals surface area contributed by atoms with Crippen LogP contribution in [0.4, 0.5) is 4.79 Å². The molecule has 1 N–H and O–H groups in total. The zero-order chi connectivity index (χ0) is 19.6. The fraction of sp³-hybridized carbons (Fsp3) is 0.474.